The van der Waals surface area contributed by atoms with Gasteiger partial charge in [0.1, 0.15) is 23.7 Å². The van der Waals surface area contributed by atoms with Crippen molar-refractivity contribution in [3.63, 3.8) is 0 Å². The first kappa shape index (κ1) is 60.4. The number of amides is 5. The van der Waals surface area contributed by atoms with Gasteiger partial charge in [0, 0.05) is 135 Å². The number of carbonyl (C=O) groups excluding carboxylic acids is 6. The van der Waals surface area contributed by atoms with Gasteiger partial charge in [0.15, 0.2) is 5.60 Å². The van der Waals surface area contributed by atoms with Crippen LogP contribution in [-0.4, -0.2) is 127 Å². The smallest absolute Gasteiger partial charge is 0.340 e. The monoisotopic (exact) mass is 1140 g/mol. The Morgan fingerprint density at radius 2 is 1.32 bits per heavy atom. The summed E-state index contributed by atoms with van der Waals surface area (Å²) in [4.78, 5) is 86.0. The molecule has 5 amide bonds. The van der Waals surface area contributed by atoms with Gasteiger partial charge < -0.3 is 59.5 Å². The number of fused-ring (bicyclic) bond motifs is 7. The molecule has 84 heavy (non-hydrogen) atoms. The van der Waals surface area contributed by atoms with Crippen molar-refractivity contribution in [1.82, 2.24) is 25.8 Å². The molecule has 4 N–H and O–H groups in total. The Hall–Kier alpha value is -8.22. The SMILES string of the molecule is CCc1cccc(N(CC)C(=O)Cn2c(C(=O)NC3CCC(C(=O)NCCCCCCNC(=O)CCOCCOCCNC(=O)c4ccc5c(c4)C4(OC5=O)c5ccc(N(C)C)cc5Oc5cc(N(C)C)ccc54)CC3)cc3ccccc32)c1. The lowest BCUT2D eigenvalue weighted by Crippen LogP contribution is -2.42. The number of hydrogen-bond donors (Lipinski definition) is 4. The Labute approximate surface area is 492 Å². The number of ether oxygens (including phenoxy) is 4. The van der Waals surface area contributed by atoms with Gasteiger partial charge in [-0.1, -0.05) is 50.1 Å². The van der Waals surface area contributed by atoms with Gasteiger partial charge in [-0.05, 0) is 124 Å². The van der Waals surface area contributed by atoms with Gasteiger partial charge in [0.2, 0.25) is 17.7 Å². The molecule has 0 saturated heterocycles. The molecule has 3 heterocycles. The minimum Gasteiger partial charge on any atom is -0.456 e. The highest BCUT2D eigenvalue weighted by atomic mass is 16.6. The molecule has 0 radical (unpaired) electrons. The topological polar surface area (TPSA) is 202 Å². The number of hydrogen-bond acceptors (Lipinski definition) is 12. The van der Waals surface area contributed by atoms with Gasteiger partial charge in [-0.2, -0.15) is 0 Å². The summed E-state index contributed by atoms with van der Waals surface area (Å²) >= 11 is 0. The van der Waals surface area contributed by atoms with Crippen molar-refractivity contribution in [2.45, 2.75) is 96.2 Å². The summed E-state index contributed by atoms with van der Waals surface area (Å²) in [7, 11) is 7.78. The molecule has 1 aliphatic carbocycles. The third kappa shape index (κ3) is 13.9. The molecule has 444 valence electrons. The lowest BCUT2D eigenvalue weighted by Gasteiger charge is -2.37. The minimum absolute atomic E-state index is 0.0297. The van der Waals surface area contributed by atoms with E-state index in [4.69, 9.17) is 18.9 Å². The van der Waals surface area contributed by atoms with Crippen LogP contribution in [0.4, 0.5) is 17.1 Å². The van der Waals surface area contributed by atoms with Crippen LogP contribution >= 0.6 is 0 Å². The summed E-state index contributed by atoms with van der Waals surface area (Å²) in [6.07, 6.45) is 7.39. The van der Waals surface area contributed by atoms with E-state index in [1.165, 1.54) is 0 Å². The average Bonchev–Trinajstić information content (AvgIpc) is 1.69. The maximum atomic E-state index is 13.9. The van der Waals surface area contributed by atoms with Crippen LogP contribution in [0, 0.1) is 5.92 Å². The summed E-state index contributed by atoms with van der Waals surface area (Å²) in [6, 6.07) is 34.1. The second kappa shape index (κ2) is 27.9. The largest absolute Gasteiger partial charge is 0.456 e. The zero-order valence-electron chi connectivity index (χ0n) is 49.4. The van der Waals surface area contributed by atoms with E-state index < -0.39 is 11.6 Å². The van der Waals surface area contributed by atoms with Crippen LogP contribution in [0.25, 0.3) is 10.9 Å². The normalized spacial score (nSPS) is 15.5. The van der Waals surface area contributed by atoms with E-state index in [9.17, 15) is 28.8 Å². The predicted octanol–water partition coefficient (Wildman–Crippen LogP) is 8.89. The van der Waals surface area contributed by atoms with Crippen LogP contribution in [0.5, 0.6) is 11.5 Å². The van der Waals surface area contributed by atoms with E-state index in [1.807, 2.05) is 134 Å². The third-order valence-corrected chi connectivity index (χ3v) is 16.2. The molecule has 18 nitrogen and oxygen atoms in total. The highest BCUT2D eigenvalue weighted by Crippen LogP contribution is 2.57. The lowest BCUT2D eigenvalue weighted by atomic mass is 9.77. The van der Waals surface area contributed by atoms with E-state index in [2.05, 4.69) is 34.3 Å². The number of anilines is 3. The average molecular weight is 1150 g/mol. The lowest BCUT2D eigenvalue weighted by molar-refractivity contribution is -0.126. The summed E-state index contributed by atoms with van der Waals surface area (Å²) in [5.41, 5.74) is 6.43. The first-order valence-corrected chi connectivity index (χ1v) is 29.6. The van der Waals surface area contributed by atoms with Crippen molar-refractivity contribution < 1.29 is 47.7 Å². The van der Waals surface area contributed by atoms with Crippen LogP contribution in [0.1, 0.15) is 125 Å². The summed E-state index contributed by atoms with van der Waals surface area (Å²) < 4.78 is 26.0. The molecule has 1 fully saturated rings. The number of aromatic nitrogens is 1. The van der Waals surface area contributed by atoms with Crippen LogP contribution < -0.4 is 40.7 Å². The van der Waals surface area contributed by atoms with E-state index >= 15 is 0 Å². The molecule has 3 aliphatic rings. The number of carbonyl (C=O) groups is 6. The molecule has 9 rings (SSSR count). The van der Waals surface area contributed by atoms with E-state index in [0.29, 0.717) is 104 Å². The summed E-state index contributed by atoms with van der Waals surface area (Å²) in [6.45, 7) is 7.08. The van der Waals surface area contributed by atoms with Crippen LogP contribution in [0.3, 0.4) is 0 Å². The molecular formula is C66H80N8O10. The van der Waals surface area contributed by atoms with E-state index in [1.54, 1.807) is 23.1 Å². The molecule has 6 aromatic rings. The predicted molar refractivity (Wildman–Crippen MR) is 325 cm³/mol. The molecule has 0 atom stereocenters. The van der Waals surface area contributed by atoms with Crippen LogP contribution in [0.15, 0.2) is 109 Å². The van der Waals surface area contributed by atoms with Crippen LogP contribution in [0.2, 0.25) is 0 Å². The molecule has 1 saturated carbocycles. The second-order valence-corrected chi connectivity index (χ2v) is 22.2. The van der Waals surface area contributed by atoms with Crippen molar-refractivity contribution in [3.05, 3.63) is 148 Å². The van der Waals surface area contributed by atoms with Crippen molar-refractivity contribution in [2.24, 2.45) is 5.92 Å². The quantitative estimate of drug-likeness (QED) is 0.0282. The fourth-order valence-electron chi connectivity index (χ4n) is 11.5. The van der Waals surface area contributed by atoms with Crippen molar-refractivity contribution in [1.29, 1.82) is 0 Å². The molecule has 0 bridgehead atoms. The molecule has 18 heteroatoms. The summed E-state index contributed by atoms with van der Waals surface area (Å²) in [5, 5.41) is 13.1. The standard InChI is InChI=1S/C66H80N8O10/c1-7-44-16-15-18-51(38-44)73(8-2)61(76)43-74-56-19-12-11-17-46(56)40-57(74)64(79)70-48-23-20-45(21-24-48)62(77)68-32-14-10-9-13-31-67-60(75)30-34-81-36-37-82-35-33-69-63(78)47-22-27-52-55(39-47)66(84-65(52)80)53-28-25-49(71(3)4)41-58(53)83-59-42-50(72(5)6)26-29-54(59)66/h11-12,15-19,22,25-29,38-42,45,48H,7-10,13-14,20-21,23-24,30-37,43H2,1-6H3,(H,67,75)(H,68,77)(H,69,78)(H,70,79). The van der Waals surface area contributed by atoms with Gasteiger partial charge in [0.25, 0.3) is 11.8 Å². The molecule has 0 unspecified atom stereocenters. The van der Waals surface area contributed by atoms with Gasteiger partial charge in [-0.25, -0.2) is 4.79 Å². The maximum absolute atomic E-state index is 13.9. The third-order valence-electron chi connectivity index (χ3n) is 16.2. The highest BCUT2D eigenvalue weighted by molar-refractivity contribution is 6.02. The number of aryl methyl sites for hydroxylation is 1. The molecule has 1 aromatic heterocycles. The van der Waals surface area contributed by atoms with Crippen molar-refractivity contribution in [3.8, 4) is 11.5 Å². The number of para-hydroxylation sites is 1. The van der Waals surface area contributed by atoms with E-state index in [0.717, 1.165) is 65.6 Å². The minimum atomic E-state index is -1.33. The number of likely N-dealkylation sites (N-methyl/N-ethyl adjacent to an activating group) is 1. The number of esters is 1. The Balaban J connectivity index is 0.612. The van der Waals surface area contributed by atoms with Gasteiger partial charge in [-0.15, -0.1) is 0 Å². The number of nitrogens with zero attached hydrogens (tertiary/aromatic N) is 4. The Morgan fingerprint density at radius 3 is 2.00 bits per heavy atom. The zero-order valence-corrected chi connectivity index (χ0v) is 49.4. The highest BCUT2D eigenvalue weighted by Gasteiger charge is 2.54. The molecule has 1 spiro atoms. The van der Waals surface area contributed by atoms with Crippen molar-refractivity contribution >= 4 is 63.5 Å². The zero-order chi connectivity index (χ0) is 59.3. The maximum Gasteiger partial charge on any atom is 0.340 e. The fourth-order valence-corrected chi connectivity index (χ4v) is 11.5. The van der Waals surface area contributed by atoms with Gasteiger partial charge in [0.05, 0.1) is 32.0 Å². The summed E-state index contributed by atoms with van der Waals surface area (Å²) in [5.74, 6) is -0.134. The number of rotatable bonds is 27. The number of unbranched alkanes of at least 4 members (excludes halogenated alkanes) is 3. The number of benzene rings is 5. The fraction of sp³-hybridized carbons (Fsp3) is 0.424. The van der Waals surface area contributed by atoms with E-state index in [-0.39, 0.29) is 74.2 Å². The Kier molecular flexibility index (Phi) is 20.1. The molecule has 2 aliphatic heterocycles. The molecular weight excluding hydrogens is 1060 g/mol. The molecule has 5 aromatic carbocycles. The number of nitrogens with one attached hydrogen (secondary N) is 4. The van der Waals surface area contributed by atoms with Gasteiger partial charge >= 0.3 is 5.97 Å². The Bertz CT molecular complexity index is 3290. The second-order valence-electron chi connectivity index (χ2n) is 22.2. The Morgan fingerprint density at radius 1 is 0.643 bits per heavy atom. The first-order chi connectivity index (χ1) is 40.7. The van der Waals surface area contributed by atoms with Gasteiger partial charge in [-0.3, -0.25) is 24.0 Å². The first-order valence-electron chi connectivity index (χ1n) is 29.6. The van der Waals surface area contributed by atoms with Crippen molar-refractivity contribution in [2.75, 3.05) is 95.5 Å². The van der Waals surface area contributed by atoms with Crippen LogP contribution in [-0.2, 0) is 47.2 Å².